The highest BCUT2D eigenvalue weighted by Gasteiger charge is 2.62. The van der Waals surface area contributed by atoms with E-state index in [1.807, 2.05) is 84.9 Å². The highest BCUT2D eigenvalue weighted by Crippen LogP contribution is 2.55. The van der Waals surface area contributed by atoms with Crippen molar-refractivity contribution in [3.63, 3.8) is 0 Å². The fourth-order valence-electron chi connectivity index (χ4n) is 4.98. The van der Waals surface area contributed by atoms with Crippen LogP contribution < -0.4 is 4.90 Å². The molecular formula is C29H21N3O4. The molecule has 4 aromatic rings. The SMILES string of the molecule is O=C1N(Cc2ccccc2)c2ccccc2[C@]12OC(c1ccccc1)=N[C@@H]2c1ccc([N+](=O)[O-])cc1. The second kappa shape index (κ2) is 8.46. The number of amides is 1. The molecule has 0 saturated carbocycles. The molecule has 0 radical (unpaired) electrons. The van der Waals surface area contributed by atoms with Gasteiger partial charge in [-0.25, -0.2) is 4.99 Å². The van der Waals surface area contributed by atoms with Gasteiger partial charge in [0, 0.05) is 23.3 Å². The van der Waals surface area contributed by atoms with Crippen LogP contribution in [0, 0.1) is 10.1 Å². The van der Waals surface area contributed by atoms with Crippen molar-refractivity contribution in [3.8, 4) is 0 Å². The maximum Gasteiger partial charge on any atom is 0.279 e. The molecule has 2 atom stereocenters. The quantitative estimate of drug-likeness (QED) is 0.280. The Labute approximate surface area is 207 Å². The minimum atomic E-state index is -1.42. The lowest BCUT2D eigenvalue weighted by Gasteiger charge is -2.29. The predicted molar refractivity (Wildman–Crippen MR) is 136 cm³/mol. The zero-order valence-electron chi connectivity index (χ0n) is 19.2. The van der Waals surface area contributed by atoms with Crippen LogP contribution in [0.3, 0.4) is 0 Å². The summed E-state index contributed by atoms with van der Waals surface area (Å²) in [6.45, 7) is 0.384. The van der Waals surface area contributed by atoms with E-state index >= 15 is 0 Å². The van der Waals surface area contributed by atoms with E-state index in [0.717, 1.165) is 22.4 Å². The molecule has 0 bridgehead atoms. The van der Waals surface area contributed by atoms with Gasteiger partial charge in [-0.3, -0.25) is 14.9 Å². The van der Waals surface area contributed by atoms with Gasteiger partial charge in [-0.1, -0.05) is 66.7 Å². The number of benzene rings is 4. The fourth-order valence-corrected chi connectivity index (χ4v) is 4.98. The summed E-state index contributed by atoms with van der Waals surface area (Å²) in [6.07, 6.45) is 0. The normalized spacial score (nSPS) is 20.2. The topological polar surface area (TPSA) is 85.0 Å². The molecule has 1 spiro atoms. The van der Waals surface area contributed by atoms with Gasteiger partial charge in [0.15, 0.2) is 0 Å². The first kappa shape index (κ1) is 21.7. The lowest BCUT2D eigenvalue weighted by molar-refractivity contribution is -0.384. The molecule has 2 aliphatic rings. The Morgan fingerprint density at radius 3 is 2.19 bits per heavy atom. The number of rotatable bonds is 5. The van der Waals surface area contributed by atoms with E-state index in [1.54, 1.807) is 17.0 Å². The molecule has 6 rings (SSSR count). The third-order valence-electron chi connectivity index (χ3n) is 6.67. The van der Waals surface area contributed by atoms with Crippen molar-refractivity contribution >= 4 is 23.2 Å². The van der Waals surface area contributed by atoms with Gasteiger partial charge in [-0.05, 0) is 41.5 Å². The van der Waals surface area contributed by atoms with E-state index in [2.05, 4.69) is 0 Å². The molecule has 0 unspecified atom stereocenters. The van der Waals surface area contributed by atoms with Gasteiger partial charge >= 0.3 is 0 Å². The highest BCUT2D eigenvalue weighted by atomic mass is 16.6. The van der Waals surface area contributed by atoms with Gasteiger partial charge in [0.1, 0.15) is 6.04 Å². The standard InChI is InChI=1S/C29H21N3O4/c33-28-29(24-13-7-8-14-25(24)31(28)19-20-9-3-1-4-10-20)26(21-15-17-23(18-16-21)32(34)35)30-27(36-29)22-11-5-2-6-12-22/h1-18,26H,19H2/t26-,29-/m1/s1. The van der Waals surface area contributed by atoms with Gasteiger partial charge in [0.05, 0.1) is 17.2 Å². The van der Waals surface area contributed by atoms with Crippen molar-refractivity contribution in [2.75, 3.05) is 4.90 Å². The monoisotopic (exact) mass is 475 g/mol. The van der Waals surface area contributed by atoms with Gasteiger partial charge in [0.25, 0.3) is 11.6 Å². The number of aliphatic imine (C=N–C) groups is 1. The molecule has 7 heteroatoms. The summed E-state index contributed by atoms with van der Waals surface area (Å²) in [5, 5.41) is 11.2. The second-order valence-electron chi connectivity index (χ2n) is 8.78. The Bertz CT molecular complexity index is 1490. The minimum absolute atomic E-state index is 0.0252. The molecule has 0 aromatic heterocycles. The lowest BCUT2D eigenvalue weighted by atomic mass is 9.84. The molecular weight excluding hydrogens is 454 g/mol. The average molecular weight is 476 g/mol. The molecule has 0 saturated heterocycles. The van der Waals surface area contributed by atoms with Crippen LogP contribution >= 0.6 is 0 Å². The Balaban J connectivity index is 1.51. The smallest absolute Gasteiger partial charge is 0.279 e. The van der Waals surface area contributed by atoms with Crippen molar-refractivity contribution in [2.45, 2.75) is 18.2 Å². The number of carbonyl (C=O) groups is 1. The number of para-hydroxylation sites is 1. The molecule has 2 heterocycles. The summed E-state index contributed by atoms with van der Waals surface area (Å²) in [5.74, 6) is 0.147. The molecule has 0 aliphatic carbocycles. The zero-order chi connectivity index (χ0) is 24.7. The number of nitro benzene ring substituents is 1. The number of nitrogens with zero attached hydrogens (tertiary/aromatic N) is 3. The third kappa shape index (κ3) is 3.36. The Morgan fingerprint density at radius 1 is 0.861 bits per heavy atom. The Kier molecular flexibility index (Phi) is 5.11. The van der Waals surface area contributed by atoms with Gasteiger partial charge in [0.2, 0.25) is 11.5 Å². The van der Waals surface area contributed by atoms with Crippen molar-refractivity contribution < 1.29 is 14.5 Å². The molecule has 0 fully saturated rings. The van der Waals surface area contributed by atoms with Crippen molar-refractivity contribution in [2.24, 2.45) is 4.99 Å². The Hall–Kier alpha value is -4.78. The number of non-ortho nitro benzene ring substituents is 1. The number of hydrogen-bond donors (Lipinski definition) is 0. The number of nitro groups is 1. The maximum absolute atomic E-state index is 14.3. The van der Waals surface area contributed by atoms with Gasteiger partial charge in [-0.15, -0.1) is 0 Å². The van der Waals surface area contributed by atoms with Crippen LogP contribution in [0.1, 0.15) is 28.3 Å². The first-order chi connectivity index (χ1) is 17.6. The fraction of sp³-hybridized carbons (Fsp3) is 0.103. The number of ether oxygens (including phenoxy) is 1. The van der Waals surface area contributed by atoms with E-state index in [0.29, 0.717) is 18.0 Å². The summed E-state index contributed by atoms with van der Waals surface area (Å²) < 4.78 is 6.57. The summed E-state index contributed by atoms with van der Waals surface area (Å²) in [7, 11) is 0. The molecule has 7 nitrogen and oxygen atoms in total. The molecule has 0 N–H and O–H groups in total. The molecule has 1 amide bonds. The zero-order valence-corrected chi connectivity index (χ0v) is 19.2. The first-order valence-corrected chi connectivity index (χ1v) is 11.6. The molecule has 176 valence electrons. The summed E-state index contributed by atoms with van der Waals surface area (Å²) in [4.78, 5) is 31.8. The largest absolute Gasteiger partial charge is 0.453 e. The summed E-state index contributed by atoms with van der Waals surface area (Å²) in [5.41, 5.74) is 2.46. The average Bonchev–Trinajstić information content (AvgIpc) is 3.43. The Morgan fingerprint density at radius 2 is 1.50 bits per heavy atom. The van der Waals surface area contributed by atoms with Crippen LogP contribution in [0.15, 0.2) is 114 Å². The van der Waals surface area contributed by atoms with Crippen LogP contribution in [0.4, 0.5) is 11.4 Å². The van der Waals surface area contributed by atoms with Crippen LogP contribution in [0.5, 0.6) is 0 Å². The second-order valence-corrected chi connectivity index (χ2v) is 8.78. The van der Waals surface area contributed by atoms with E-state index in [1.165, 1.54) is 12.1 Å². The highest BCUT2D eigenvalue weighted by molar-refractivity contribution is 6.11. The van der Waals surface area contributed by atoms with Gasteiger partial charge < -0.3 is 9.64 Å². The minimum Gasteiger partial charge on any atom is -0.453 e. The van der Waals surface area contributed by atoms with E-state index in [-0.39, 0.29) is 11.6 Å². The van der Waals surface area contributed by atoms with Crippen molar-refractivity contribution in [1.29, 1.82) is 0 Å². The number of hydrogen-bond acceptors (Lipinski definition) is 5. The van der Waals surface area contributed by atoms with Gasteiger partial charge in [-0.2, -0.15) is 0 Å². The number of carbonyl (C=O) groups excluding carboxylic acids is 1. The van der Waals surface area contributed by atoms with Crippen LogP contribution in [-0.2, 0) is 21.7 Å². The van der Waals surface area contributed by atoms with E-state index in [9.17, 15) is 14.9 Å². The van der Waals surface area contributed by atoms with Crippen LogP contribution in [-0.4, -0.2) is 16.7 Å². The first-order valence-electron chi connectivity index (χ1n) is 11.6. The van der Waals surface area contributed by atoms with Crippen molar-refractivity contribution in [3.05, 3.63) is 142 Å². The van der Waals surface area contributed by atoms with Crippen LogP contribution in [0.25, 0.3) is 0 Å². The number of fused-ring (bicyclic) bond motifs is 2. The number of anilines is 1. The lowest BCUT2D eigenvalue weighted by Crippen LogP contribution is -2.44. The van der Waals surface area contributed by atoms with Crippen LogP contribution in [0.2, 0.25) is 0 Å². The molecule has 2 aliphatic heterocycles. The van der Waals surface area contributed by atoms with E-state index < -0.39 is 16.6 Å². The summed E-state index contributed by atoms with van der Waals surface area (Å²) >= 11 is 0. The predicted octanol–water partition coefficient (Wildman–Crippen LogP) is 5.56. The maximum atomic E-state index is 14.3. The third-order valence-corrected chi connectivity index (χ3v) is 6.67. The summed E-state index contributed by atoms with van der Waals surface area (Å²) in [6, 6.07) is 32.3. The molecule has 36 heavy (non-hydrogen) atoms. The van der Waals surface area contributed by atoms with Crippen molar-refractivity contribution in [1.82, 2.24) is 0 Å². The molecule has 4 aromatic carbocycles. The van der Waals surface area contributed by atoms with E-state index in [4.69, 9.17) is 9.73 Å².